The fourth-order valence-corrected chi connectivity index (χ4v) is 0.517. The Kier molecular flexibility index (Phi) is 4.27. The first kappa shape index (κ1) is 9.95. The van der Waals surface area contributed by atoms with Gasteiger partial charge in [0.25, 0.3) is 0 Å². The maximum absolute atomic E-state index is 10.4. The Morgan fingerprint density at radius 3 is 2.36 bits per heavy atom. The van der Waals surface area contributed by atoms with Gasteiger partial charge in [-0.15, -0.1) is 0 Å². The summed E-state index contributed by atoms with van der Waals surface area (Å²) in [6.45, 7) is 9.55. The molecule has 0 aromatic heterocycles. The first-order valence-corrected chi connectivity index (χ1v) is 3.65. The number of carbonyl (C=O) groups excluding carboxylic acids is 1. The molecule has 0 spiro atoms. The number of rotatable bonds is 4. The zero-order valence-corrected chi connectivity index (χ0v) is 7.37. The maximum atomic E-state index is 10.4. The van der Waals surface area contributed by atoms with Crippen LogP contribution in [-0.4, -0.2) is 11.3 Å². The van der Waals surface area contributed by atoms with Gasteiger partial charge in [-0.25, -0.2) is 0 Å². The molecule has 0 fully saturated rings. The molecule has 0 unspecified atom stereocenters. The Morgan fingerprint density at radius 2 is 2.09 bits per heavy atom. The molecule has 2 heteroatoms. The Labute approximate surface area is 68.2 Å². The van der Waals surface area contributed by atoms with E-state index in [0.717, 1.165) is 12.1 Å². The molecule has 0 bridgehead atoms. The molecule has 0 N–H and O–H groups in total. The summed E-state index contributed by atoms with van der Waals surface area (Å²) in [6, 6.07) is 0. The molecule has 0 aromatic rings. The highest BCUT2D eigenvalue weighted by molar-refractivity contribution is 5.52. The van der Waals surface area contributed by atoms with Gasteiger partial charge >= 0.3 is 0 Å². The van der Waals surface area contributed by atoms with Gasteiger partial charge in [-0.05, 0) is 12.8 Å². The molecule has 0 aliphatic rings. The van der Waals surface area contributed by atoms with Crippen LogP contribution in [-0.2, 0) is 4.79 Å². The van der Waals surface area contributed by atoms with Gasteiger partial charge in [0.2, 0.25) is 6.41 Å². The average molecular weight is 153 g/mol. The number of hydrogen-bond donors (Lipinski definition) is 0. The standard InChI is InChI=1S/C9H15NO/c1-8(2)5-6-10(7-11)9(3)4/h5-8H,3H2,1-2,4H3/b6-5-. The summed E-state index contributed by atoms with van der Waals surface area (Å²) in [5, 5.41) is 0. The molecular formula is C9H15NO. The number of nitrogens with zero attached hydrogens (tertiary/aromatic N) is 1. The minimum atomic E-state index is 0.455. The molecule has 0 aromatic carbocycles. The number of carbonyl (C=O) groups is 1. The van der Waals surface area contributed by atoms with E-state index < -0.39 is 0 Å². The van der Waals surface area contributed by atoms with Crippen molar-refractivity contribution >= 4 is 6.41 Å². The SMILES string of the molecule is C=C(C)N(C=O)/C=C\C(C)C. The van der Waals surface area contributed by atoms with Gasteiger partial charge in [0, 0.05) is 11.9 Å². The van der Waals surface area contributed by atoms with Crippen LogP contribution in [0.25, 0.3) is 0 Å². The quantitative estimate of drug-likeness (QED) is 0.567. The van der Waals surface area contributed by atoms with Gasteiger partial charge in [0.05, 0.1) is 0 Å². The van der Waals surface area contributed by atoms with Gasteiger partial charge in [-0.2, -0.15) is 0 Å². The fourth-order valence-electron chi connectivity index (χ4n) is 0.517. The second-order valence-electron chi connectivity index (χ2n) is 2.83. The molecule has 0 rings (SSSR count). The van der Waals surface area contributed by atoms with Crippen LogP contribution in [0.4, 0.5) is 0 Å². The topological polar surface area (TPSA) is 20.3 Å². The van der Waals surface area contributed by atoms with Crippen LogP contribution in [0.5, 0.6) is 0 Å². The van der Waals surface area contributed by atoms with E-state index >= 15 is 0 Å². The molecule has 1 amide bonds. The van der Waals surface area contributed by atoms with Crippen molar-refractivity contribution in [3.05, 3.63) is 24.6 Å². The minimum absolute atomic E-state index is 0.455. The van der Waals surface area contributed by atoms with E-state index in [4.69, 9.17) is 0 Å². The van der Waals surface area contributed by atoms with Crippen LogP contribution >= 0.6 is 0 Å². The number of hydrogen-bond acceptors (Lipinski definition) is 1. The predicted octanol–water partition coefficient (Wildman–Crippen LogP) is 2.15. The third kappa shape index (κ3) is 4.37. The molecule has 0 saturated heterocycles. The zero-order chi connectivity index (χ0) is 8.85. The van der Waals surface area contributed by atoms with Crippen molar-refractivity contribution in [2.75, 3.05) is 0 Å². The molecule has 0 atom stereocenters. The van der Waals surface area contributed by atoms with Crippen molar-refractivity contribution < 1.29 is 4.79 Å². The number of allylic oxidation sites excluding steroid dienone is 2. The molecule has 0 saturated carbocycles. The van der Waals surface area contributed by atoms with Crippen LogP contribution in [0, 0.1) is 5.92 Å². The van der Waals surface area contributed by atoms with Crippen molar-refractivity contribution in [2.45, 2.75) is 20.8 Å². The van der Waals surface area contributed by atoms with Gasteiger partial charge in [0.1, 0.15) is 0 Å². The van der Waals surface area contributed by atoms with Crippen LogP contribution in [0.15, 0.2) is 24.6 Å². The summed E-state index contributed by atoms with van der Waals surface area (Å²) in [4.78, 5) is 11.8. The normalized spacial score (nSPS) is 10.5. The average Bonchev–Trinajstić information content (AvgIpc) is 1.87. The van der Waals surface area contributed by atoms with Crippen molar-refractivity contribution in [1.82, 2.24) is 4.90 Å². The minimum Gasteiger partial charge on any atom is -0.295 e. The number of amides is 1. The highest BCUT2D eigenvalue weighted by Gasteiger charge is 1.94. The van der Waals surface area contributed by atoms with E-state index in [-0.39, 0.29) is 0 Å². The summed E-state index contributed by atoms with van der Waals surface area (Å²) in [7, 11) is 0. The summed E-state index contributed by atoms with van der Waals surface area (Å²) in [5.74, 6) is 0.455. The zero-order valence-electron chi connectivity index (χ0n) is 7.37. The van der Waals surface area contributed by atoms with E-state index in [1.165, 1.54) is 4.90 Å². The Morgan fingerprint density at radius 1 is 1.55 bits per heavy atom. The van der Waals surface area contributed by atoms with Gasteiger partial charge < -0.3 is 0 Å². The lowest BCUT2D eigenvalue weighted by molar-refractivity contribution is -0.114. The van der Waals surface area contributed by atoms with E-state index in [2.05, 4.69) is 20.4 Å². The van der Waals surface area contributed by atoms with Crippen LogP contribution in [0.3, 0.4) is 0 Å². The highest BCUT2D eigenvalue weighted by atomic mass is 16.1. The van der Waals surface area contributed by atoms with E-state index in [0.29, 0.717) is 5.92 Å². The molecule has 0 radical (unpaired) electrons. The fraction of sp³-hybridized carbons (Fsp3) is 0.444. The lowest BCUT2D eigenvalue weighted by atomic mass is 10.2. The molecule has 2 nitrogen and oxygen atoms in total. The Balaban J connectivity index is 4.08. The van der Waals surface area contributed by atoms with Crippen molar-refractivity contribution in [3.63, 3.8) is 0 Å². The van der Waals surface area contributed by atoms with Crippen molar-refractivity contribution in [3.8, 4) is 0 Å². The van der Waals surface area contributed by atoms with Crippen LogP contribution in [0.2, 0.25) is 0 Å². The Hall–Kier alpha value is -1.05. The molecule has 62 valence electrons. The maximum Gasteiger partial charge on any atom is 0.217 e. The van der Waals surface area contributed by atoms with Gasteiger partial charge in [-0.3, -0.25) is 9.69 Å². The van der Waals surface area contributed by atoms with E-state index in [1.807, 2.05) is 6.08 Å². The monoisotopic (exact) mass is 153 g/mol. The van der Waals surface area contributed by atoms with E-state index in [9.17, 15) is 4.79 Å². The summed E-state index contributed by atoms with van der Waals surface area (Å²) < 4.78 is 0. The Bertz CT molecular complexity index is 170. The van der Waals surface area contributed by atoms with Crippen molar-refractivity contribution in [2.24, 2.45) is 5.92 Å². The molecular weight excluding hydrogens is 138 g/mol. The van der Waals surface area contributed by atoms with Gasteiger partial charge in [-0.1, -0.05) is 26.5 Å². The lowest BCUT2D eigenvalue weighted by Gasteiger charge is -2.10. The molecule has 0 aliphatic heterocycles. The first-order valence-electron chi connectivity index (χ1n) is 3.65. The second kappa shape index (κ2) is 4.72. The first-order chi connectivity index (χ1) is 5.07. The van der Waals surface area contributed by atoms with Crippen molar-refractivity contribution in [1.29, 1.82) is 0 Å². The second-order valence-corrected chi connectivity index (χ2v) is 2.83. The third-order valence-corrected chi connectivity index (χ3v) is 1.19. The molecule has 11 heavy (non-hydrogen) atoms. The third-order valence-electron chi connectivity index (χ3n) is 1.19. The van der Waals surface area contributed by atoms with Crippen LogP contribution < -0.4 is 0 Å². The largest absolute Gasteiger partial charge is 0.295 e. The van der Waals surface area contributed by atoms with Crippen LogP contribution in [0.1, 0.15) is 20.8 Å². The lowest BCUT2D eigenvalue weighted by Crippen LogP contribution is -2.10. The summed E-state index contributed by atoms with van der Waals surface area (Å²) in [5.41, 5.74) is 0.733. The van der Waals surface area contributed by atoms with Gasteiger partial charge in [0.15, 0.2) is 0 Å². The smallest absolute Gasteiger partial charge is 0.217 e. The predicted molar refractivity (Wildman–Crippen MR) is 46.7 cm³/mol. The van der Waals surface area contributed by atoms with E-state index in [1.54, 1.807) is 13.1 Å². The highest BCUT2D eigenvalue weighted by Crippen LogP contribution is 2.00. The summed E-state index contributed by atoms with van der Waals surface area (Å²) in [6.07, 6.45) is 4.43. The molecule has 0 heterocycles. The molecule has 0 aliphatic carbocycles. The summed E-state index contributed by atoms with van der Waals surface area (Å²) >= 11 is 0.